The normalized spacial score (nSPS) is 11.0. The number of non-ortho nitro benzene ring substituents is 1. The number of rotatable bonds is 7. The zero-order valence-corrected chi connectivity index (χ0v) is 19.2. The fraction of sp³-hybridized carbons (Fsp3) is 0.190. The molecule has 4 rings (SSSR count). The molecule has 11 heteroatoms. The Balaban J connectivity index is 1.44. The van der Waals surface area contributed by atoms with E-state index in [2.05, 4.69) is 20.7 Å². The van der Waals surface area contributed by atoms with Gasteiger partial charge in [-0.15, -0.1) is 0 Å². The number of hydrogen-bond acceptors (Lipinski definition) is 8. The summed E-state index contributed by atoms with van der Waals surface area (Å²) >= 11 is 2.73. The minimum absolute atomic E-state index is 0.0189. The van der Waals surface area contributed by atoms with Gasteiger partial charge < -0.3 is 5.32 Å². The SMILES string of the molecule is Cc1ccc2nc(NC(=O)CSc3nc(C)c(C)n3Nc3ccc([N+](=O)[O-])cc3)sc2c1. The minimum atomic E-state index is -0.442. The lowest BCUT2D eigenvalue weighted by molar-refractivity contribution is -0.384. The molecule has 4 aromatic rings. The summed E-state index contributed by atoms with van der Waals surface area (Å²) in [6.07, 6.45) is 0. The second kappa shape index (κ2) is 8.97. The lowest BCUT2D eigenvalue weighted by Gasteiger charge is -2.12. The number of aromatic nitrogens is 3. The standard InChI is InChI=1S/C21H20N6O3S2/c1-12-4-9-17-18(10-12)32-20(23-17)24-19(28)11-31-21-22-13(2)14(3)26(21)25-15-5-7-16(8-6-15)27(29)30/h4-10,25H,11H2,1-3H3,(H,23,24,28). The van der Waals surface area contributed by atoms with Gasteiger partial charge in [-0.3, -0.25) is 20.3 Å². The first-order valence-corrected chi connectivity index (χ1v) is 11.5. The molecule has 0 aliphatic carbocycles. The summed E-state index contributed by atoms with van der Waals surface area (Å²) in [4.78, 5) is 31.9. The van der Waals surface area contributed by atoms with Gasteiger partial charge >= 0.3 is 0 Å². The van der Waals surface area contributed by atoms with Gasteiger partial charge in [0.1, 0.15) is 0 Å². The topological polar surface area (TPSA) is 115 Å². The number of nitro benzene ring substituents is 1. The van der Waals surface area contributed by atoms with Crippen LogP contribution < -0.4 is 10.7 Å². The van der Waals surface area contributed by atoms with E-state index in [0.717, 1.165) is 27.2 Å². The van der Waals surface area contributed by atoms with E-state index in [1.165, 1.54) is 35.2 Å². The number of aryl methyl sites for hydroxylation is 2. The Kier molecular flexibility index (Phi) is 6.10. The molecule has 0 atom stereocenters. The Morgan fingerprint density at radius 2 is 1.91 bits per heavy atom. The Morgan fingerprint density at radius 3 is 2.62 bits per heavy atom. The molecule has 164 valence electrons. The zero-order chi connectivity index (χ0) is 22.8. The van der Waals surface area contributed by atoms with E-state index < -0.39 is 4.92 Å². The van der Waals surface area contributed by atoms with Crippen LogP contribution in [0.15, 0.2) is 47.6 Å². The van der Waals surface area contributed by atoms with Crippen molar-refractivity contribution in [3.05, 3.63) is 69.5 Å². The van der Waals surface area contributed by atoms with Gasteiger partial charge in [-0.05, 0) is 50.6 Å². The highest BCUT2D eigenvalue weighted by atomic mass is 32.2. The predicted octanol–water partition coefficient (Wildman–Crippen LogP) is 4.93. The first kappa shape index (κ1) is 21.8. The van der Waals surface area contributed by atoms with Crippen molar-refractivity contribution in [2.75, 3.05) is 16.5 Å². The van der Waals surface area contributed by atoms with Crippen LogP contribution in [0.3, 0.4) is 0 Å². The Hall–Kier alpha value is -3.44. The van der Waals surface area contributed by atoms with Gasteiger partial charge in [0.05, 0.1) is 38.0 Å². The zero-order valence-electron chi connectivity index (χ0n) is 17.6. The van der Waals surface area contributed by atoms with Crippen LogP contribution in [0.4, 0.5) is 16.5 Å². The van der Waals surface area contributed by atoms with Crippen molar-refractivity contribution in [1.29, 1.82) is 0 Å². The van der Waals surface area contributed by atoms with Crippen molar-refractivity contribution in [3.63, 3.8) is 0 Å². The smallest absolute Gasteiger partial charge is 0.269 e. The number of nitrogens with one attached hydrogen (secondary N) is 2. The third kappa shape index (κ3) is 4.73. The third-order valence-electron chi connectivity index (χ3n) is 4.76. The van der Waals surface area contributed by atoms with Gasteiger partial charge in [0.15, 0.2) is 10.3 Å². The van der Waals surface area contributed by atoms with E-state index in [1.807, 2.05) is 39.0 Å². The van der Waals surface area contributed by atoms with Gasteiger partial charge in [-0.2, -0.15) is 0 Å². The summed E-state index contributed by atoms with van der Waals surface area (Å²) in [7, 11) is 0. The fourth-order valence-electron chi connectivity index (χ4n) is 2.97. The number of fused-ring (bicyclic) bond motifs is 1. The van der Waals surface area contributed by atoms with E-state index in [4.69, 9.17) is 0 Å². The number of thiazole rings is 1. The molecule has 0 spiro atoms. The molecule has 0 saturated heterocycles. The van der Waals surface area contributed by atoms with E-state index >= 15 is 0 Å². The molecule has 9 nitrogen and oxygen atoms in total. The number of thioether (sulfide) groups is 1. The van der Waals surface area contributed by atoms with E-state index in [9.17, 15) is 14.9 Å². The molecule has 0 aliphatic rings. The van der Waals surface area contributed by atoms with Crippen molar-refractivity contribution < 1.29 is 9.72 Å². The van der Waals surface area contributed by atoms with Crippen LogP contribution in [0.25, 0.3) is 10.2 Å². The van der Waals surface area contributed by atoms with Crippen LogP contribution in [0.5, 0.6) is 0 Å². The maximum Gasteiger partial charge on any atom is 0.269 e. The van der Waals surface area contributed by atoms with Crippen molar-refractivity contribution in [3.8, 4) is 0 Å². The van der Waals surface area contributed by atoms with Gasteiger partial charge in [0.25, 0.3) is 5.69 Å². The van der Waals surface area contributed by atoms with Crippen molar-refractivity contribution >= 4 is 55.7 Å². The summed E-state index contributed by atoms with van der Waals surface area (Å²) < 4.78 is 2.80. The number of carbonyl (C=O) groups is 1. The second-order valence-electron chi connectivity index (χ2n) is 7.14. The molecular formula is C21H20N6O3S2. The van der Waals surface area contributed by atoms with Crippen LogP contribution in [0.2, 0.25) is 0 Å². The number of nitro groups is 1. The third-order valence-corrected chi connectivity index (χ3v) is 6.63. The molecule has 32 heavy (non-hydrogen) atoms. The maximum atomic E-state index is 12.5. The molecule has 2 heterocycles. The molecule has 2 aromatic heterocycles. The molecule has 0 aliphatic heterocycles. The summed E-state index contributed by atoms with van der Waals surface area (Å²) in [6.45, 7) is 5.81. The highest BCUT2D eigenvalue weighted by molar-refractivity contribution is 7.99. The lowest BCUT2D eigenvalue weighted by Crippen LogP contribution is -2.16. The fourth-order valence-corrected chi connectivity index (χ4v) is 4.79. The number of hydrogen-bond donors (Lipinski definition) is 2. The molecule has 0 saturated carbocycles. The number of anilines is 2. The Labute approximate surface area is 192 Å². The van der Waals surface area contributed by atoms with Crippen molar-refractivity contribution in [2.24, 2.45) is 0 Å². The molecule has 0 fully saturated rings. The van der Waals surface area contributed by atoms with E-state index in [0.29, 0.717) is 16.0 Å². The van der Waals surface area contributed by atoms with Gasteiger partial charge in [-0.25, -0.2) is 14.6 Å². The van der Waals surface area contributed by atoms with E-state index in [1.54, 1.807) is 16.8 Å². The highest BCUT2D eigenvalue weighted by Crippen LogP contribution is 2.27. The number of nitrogens with zero attached hydrogens (tertiary/aromatic N) is 4. The second-order valence-corrected chi connectivity index (χ2v) is 9.12. The number of amides is 1. The highest BCUT2D eigenvalue weighted by Gasteiger charge is 2.15. The molecule has 0 bridgehead atoms. The van der Waals surface area contributed by atoms with Crippen LogP contribution >= 0.6 is 23.1 Å². The summed E-state index contributed by atoms with van der Waals surface area (Å²) in [5.41, 5.74) is 7.60. The Morgan fingerprint density at radius 1 is 1.16 bits per heavy atom. The molecule has 1 amide bonds. The van der Waals surface area contributed by atoms with Crippen LogP contribution in [0, 0.1) is 30.9 Å². The molecule has 0 unspecified atom stereocenters. The van der Waals surface area contributed by atoms with Crippen LogP contribution in [0.1, 0.15) is 17.0 Å². The number of carbonyl (C=O) groups excluding carboxylic acids is 1. The van der Waals surface area contributed by atoms with E-state index in [-0.39, 0.29) is 17.3 Å². The van der Waals surface area contributed by atoms with Crippen molar-refractivity contribution in [2.45, 2.75) is 25.9 Å². The van der Waals surface area contributed by atoms with Crippen LogP contribution in [-0.4, -0.2) is 31.2 Å². The Bertz CT molecular complexity index is 1310. The molecule has 0 radical (unpaired) electrons. The number of benzene rings is 2. The molecule has 2 N–H and O–H groups in total. The molecule has 2 aromatic carbocycles. The van der Waals surface area contributed by atoms with Gasteiger partial charge in [-0.1, -0.05) is 29.2 Å². The molecular weight excluding hydrogens is 448 g/mol. The van der Waals surface area contributed by atoms with Gasteiger partial charge in [0, 0.05) is 12.1 Å². The largest absolute Gasteiger partial charge is 0.301 e. The average Bonchev–Trinajstić information content (AvgIpc) is 3.27. The summed E-state index contributed by atoms with van der Waals surface area (Å²) in [5.74, 6) is -0.0155. The lowest BCUT2D eigenvalue weighted by atomic mass is 10.2. The first-order valence-electron chi connectivity index (χ1n) is 9.67. The minimum Gasteiger partial charge on any atom is -0.301 e. The van der Waals surface area contributed by atoms with Crippen molar-refractivity contribution in [1.82, 2.24) is 14.6 Å². The summed E-state index contributed by atoms with van der Waals surface area (Å²) in [6, 6.07) is 12.1. The maximum absolute atomic E-state index is 12.5. The predicted molar refractivity (Wildman–Crippen MR) is 128 cm³/mol. The summed E-state index contributed by atoms with van der Waals surface area (Å²) in [5, 5.41) is 14.9. The van der Waals surface area contributed by atoms with Gasteiger partial charge in [0.2, 0.25) is 5.91 Å². The monoisotopic (exact) mass is 468 g/mol. The quantitative estimate of drug-likeness (QED) is 0.224. The number of imidazole rings is 1. The first-order chi connectivity index (χ1) is 15.3. The average molecular weight is 469 g/mol. The van der Waals surface area contributed by atoms with Crippen LogP contribution in [-0.2, 0) is 4.79 Å².